The topological polar surface area (TPSA) is 59.2 Å². The Labute approximate surface area is 124 Å². The molecule has 0 atom stereocenters. The fourth-order valence-electron chi connectivity index (χ4n) is 2.06. The monoisotopic (exact) mass is 299 g/mol. The van der Waals surface area contributed by atoms with Crippen molar-refractivity contribution in [1.82, 2.24) is 14.5 Å². The van der Waals surface area contributed by atoms with Crippen LogP contribution in [0.2, 0.25) is 0 Å². The molecule has 0 amide bonds. The van der Waals surface area contributed by atoms with Crippen molar-refractivity contribution in [3.63, 3.8) is 0 Å². The fourth-order valence-corrected chi connectivity index (χ4v) is 2.06. The number of aryl methyl sites for hydroxylation is 2. The maximum absolute atomic E-state index is 11.8. The van der Waals surface area contributed by atoms with E-state index < -0.39 is 0 Å². The molecule has 0 spiro atoms. The molecule has 0 unspecified atom stereocenters. The van der Waals surface area contributed by atoms with Gasteiger partial charge >= 0.3 is 5.69 Å². The van der Waals surface area contributed by atoms with E-state index in [2.05, 4.69) is 5.32 Å². The van der Waals surface area contributed by atoms with Gasteiger partial charge in [0.25, 0.3) is 0 Å². The van der Waals surface area contributed by atoms with E-state index in [1.54, 1.807) is 23.2 Å². The molecule has 0 bridgehead atoms. The highest BCUT2D eigenvalue weighted by Gasteiger charge is 2.15. The highest BCUT2D eigenvalue weighted by molar-refractivity contribution is 5.85. The van der Waals surface area contributed by atoms with Crippen molar-refractivity contribution in [2.45, 2.75) is 25.9 Å². The molecule has 2 aromatic rings. The number of halogens is 1. The van der Waals surface area contributed by atoms with Gasteiger partial charge in [-0.2, -0.15) is 0 Å². The molecule has 5 nitrogen and oxygen atoms in total. The van der Waals surface area contributed by atoms with E-state index >= 15 is 0 Å². The van der Waals surface area contributed by atoms with Crippen LogP contribution in [0.25, 0.3) is 11.0 Å². The second-order valence-corrected chi connectivity index (χ2v) is 5.62. The summed E-state index contributed by atoms with van der Waals surface area (Å²) in [6.07, 6.45) is 0. The minimum absolute atomic E-state index is 0. The average molecular weight is 300 g/mol. The Morgan fingerprint density at radius 2 is 1.80 bits per heavy atom. The van der Waals surface area contributed by atoms with E-state index in [1.807, 2.05) is 32.0 Å². The van der Waals surface area contributed by atoms with Gasteiger partial charge in [-0.15, -0.1) is 12.4 Å². The molecular formula is C14H22ClN3O2. The normalized spacial score (nSPS) is 11.7. The Morgan fingerprint density at radius 3 is 2.40 bits per heavy atom. The summed E-state index contributed by atoms with van der Waals surface area (Å²) in [7, 11) is 3.55. The number of hydrogen-bond donors (Lipinski definition) is 2. The van der Waals surface area contributed by atoms with Gasteiger partial charge in [0.05, 0.1) is 17.6 Å². The lowest BCUT2D eigenvalue weighted by molar-refractivity contribution is 0.187. The number of benzene rings is 1. The maximum atomic E-state index is 11.8. The Morgan fingerprint density at radius 1 is 1.20 bits per heavy atom. The summed E-state index contributed by atoms with van der Waals surface area (Å²) in [6.45, 7) is 4.64. The summed E-state index contributed by atoms with van der Waals surface area (Å²) in [5.74, 6) is 0. The third kappa shape index (κ3) is 3.06. The lowest BCUT2D eigenvalue weighted by Gasteiger charge is -2.23. The molecule has 0 fully saturated rings. The first kappa shape index (κ1) is 16.8. The third-order valence-corrected chi connectivity index (χ3v) is 3.50. The van der Waals surface area contributed by atoms with Crippen LogP contribution in [-0.4, -0.2) is 26.4 Å². The SMILES string of the molecule is Cl.Cn1c(=O)n(C)c2cc(CNC(C)(C)CO)ccc21. The molecule has 2 N–H and O–H groups in total. The molecule has 1 aromatic carbocycles. The van der Waals surface area contributed by atoms with Crippen LogP contribution in [0.15, 0.2) is 23.0 Å². The molecule has 1 aromatic heterocycles. The van der Waals surface area contributed by atoms with Crippen molar-refractivity contribution < 1.29 is 5.11 Å². The predicted octanol–water partition coefficient (Wildman–Crippen LogP) is 1.16. The van der Waals surface area contributed by atoms with Crippen LogP contribution < -0.4 is 11.0 Å². The average Bonchev–Trinajstić information content (AvgIpc) is 2.62. The van der Waals surface area contributed by atoms with Gasteiger partial charge in [-0.05, 0) is 31.5 Å². The van der Waals surface area contributed by atoms with Crippen molar-refractivity contribution >= 4 is 23.4 Å². The summed E-state index contributed by atoms with van der Waals surface area (Å²) in [6, 6.07) is 5.97. The van der Waals surface area contributed by atoms with Gasteiger partial charge in [0.2, 0.25) is 0 Å². The zero-order valence-corrected chi connectivity index (χ0v) is 13.1. The van der Waals surface area contributed by atoms with Gasteiger partial charge in [0.1, 0.15) is 0 Å². The lowest BCUT2D eigenvalue weighted by atomic mass is 10.1. The Kier molecular flexibility index (Phi) is 5.02. The molecule has 1 heterocycles. The van der Waals surface area contributed by atoms with Gasteiger partial charge in [-0.25, -0.2) is 4.79 Å². The summed E-state index contributed by atoms with van der Waals surface area (Å²) in [5.41, 5.74) is 2.62. The number of aliphatic hydroxyl groups excluding tert-OH is 1. The third-order valence-electron chi connectivity index (χ3n) is 3.50. The van der Waals surface area contributed by atoms with Crippen LogP contribution in [0.1, 0.15) is 19.4 Å². The zero-order valence-electron chi connectivity index (χ0n) is 12.3. The highest BCUT2D eigenvalue weighted by Crippen LogP contribution is 2.14. The smallest absolute Gasteiger partial charge is 0.328 e. The van der Waals surface area contributed by atoms with E-state index in [1.165, 1.54) is 0 Å². The van der Waals surface area contributed by atoms with Crippen LogP contribution in [0.4, 0.5) is 0 Å². The zero-order chi connectivity index (χ0) is 14.2. The second-order valence-electron chi connectivity index (χ2n) is 5.62. The highest BCUT2D eigenvalue weighted by atomic mass is 35.5. The van der Waals surface area contributed by atoms with Gasteiger partial charge in [0.15, 0.2) is 0 Å². The number of rotatable bonds is 4. The predicted molar refractivity (Wildman–Crippen MR) is 83.4 cm³/mol. The second kappa shape index (κ2) is 5.99. The van der Waals surface area contributed by atoms with Crippen molar-refractivity contribution in [2.24, 2.45) is 14.1 Å². The van der Waals surface area contributed by atoms with Gasteiger partial charge < -0.3 is 10.4 Å². The number of aromatic nitrogens is 2. The van der Waals surface area contributed by atoms with Crippen LogP contribution in [0, 0.1) is 0 Å². The molecule has 0 aliphatic rings. The Bertz CT molecular complexity index is 658. The standard InChI is InChI=1S/C14H21N3O2.ClH/c1-14(2,9-18)15-8-10-5-6-11-12(7-10)17(4)13(19)16(11)3;/h5-7,15,18H,8-9H2,1-4H3;1H. The Balaban J connectivity index is 0.00000200. The number of hydrogen-bond acceptors (Lipinski definition) is 3. The number of aliphatic hydroxyl groups is 1. The lowest BCUT2D eigenvalue weighted by Crippen LogP contribution is -2.42. The molecule has 112 valence electrons. The minimum atomic E-state index is -0.308. The number of fused-ring (bicyclic) bond motifs is 1. The molecule has 0 aliphatic heterocycles. The molecule has 2 rings (SSSR count). The van der Waals surface area contributed by atoms with Crippen LogP contribution in [-0.2, 0) is 20.6 Å². The quantitative estimate of drug-likeness (QED) is 0.891. The largest absolute Gasteiger partial charge is 0.394 e. The van der Waals surface area contributed by atoms with E-state index in [4.69, 9.17) is 0 Å². The maximum Gasteiger partial charge on any atom is 0.328 e. The summed E-state index contributed by atoms with van der Waals surface area (Å²) >= 11 is 0. The number of nitrogens with one attached hydrogen (secondary N) is 1. The first-order valence-electron chi connectivity index (χ1n) is 6.36. The molecule has 0 saturated heterocycles. The molecule has 0 saturated carbocycles. The van der Waals surface area contributed by atoms with Crippen LogP contribution >= 0.6 is 12.4 Å². The van der Waals surface area contributed by atoms with E-state index in [0.29, 0.717) is 6.54 Å². The number of nitrogens with zero attached hydrogens (tertiary/aromatic N) is 2. The summed E-state index contributed by atoms with van der Waals surface area (Å²) in [4.78, 5) is 11.8. The molecule has 0 radical (unpaired) electrons. The molecule has 6 heteroatoms. The van der Waals surface area contributed by atoms with Gasteiger partial charge in [-0.1, -0.05) is 6.07 Å². The van der Waals surface area contributed by atoms with Crippen LogP contribution in [0.5, 0.6) is 0 Å². The summed E-state index contributed by atoms with van der Waals surface area (Å²) in [5, 5.41) is 12.5. The van der Waals surface area contributed by atoms with Crippen molar-refractivity contribution in [3.05, 3.63) is 34.2 Å². The first-order valence-corrected chi connectivity index (χ1v) is 6.36. The minimum Gasteiger partial charge on any atom is -0.394 e. The molecular weight excluding hydrogens is 278 g/mol. The molecule has 0 aliphatic carbocycles. The fraction of sp³-hybridized carbons (Fsp3) is 0.500. The van der Waals surface area contributed by atoms with Crippen molar-refractivity contribution in [1.29, 1.82) is 0 Å². The van der Waals surface area contributed by atoms with Gasteiger partial charge in [0, 0.05) is 26.2 Å². The van der Waals surface area contributed by atoms with Crippen molar-refractivity contribution in [2.75, 3.05) is 6.61 Å². The van der Waals surface area contributed by atoms with E-state index in [-0.39, 0.29) is 30.2 Å². The summed E-state index contributed by atoms with van der Waals surface area (Å²) < 4.78 is 3.29. The molecule has 20 heavy (non-hydrogen) atoms. The van der Waals surface area contributed by atoms with Gasteiger partial charge in [-0.3, -0.25) is 9.13 Å². The van der Waals surface area contributed by atoms with Crippen LogP contribution in [0.3, 0.4) is 0 Å². The Hall–Kier alpha value is -1.30. The van der Waals surface area contributed by atoms with E-state index in [0.717, 1.165) is 16.6 Å². The van der Waals surface area contributed by atoms with E-state index in [9.17, 15) is 9.90 Å². The van der Waals surface area contributed by atoms with Crippen molar-refractivity contribution in [3.8, 4) is 0 Å². The first-order chi connectivity index (χ1) is 8.85. The number of imidazole rings is 1.